The van der Waals surface area contributed by atoms with Crippen molar-refractivity contribution in [3.8, 4) is 0 Å². The molecule has 6 aliphatic rings. The van der Waals surface area contributed by atoms with E-state index < -0.39 is 15.5 Å². The first-order chi connectivity index (χ1) is 32.7. The summed E-state index contributed by atoms with van der Waals surface area (Å²) in [5, 5.41) is 0. The number of fused-ring (bicyclic) bond motifs is 11. The zero-order valence-electron chi connectivity index (χ0n) is 41.3. The normalized spacial score (nSPS) is 18.8. The third-order valence-corrected chi connectivity index (χ3v) is 16.6. The number of rotatable bonds is 9. The number of benzene rings is 5. The minimum absolute atomic E-state index is 0.00616. The van der Waals surface area contributed by atoms with Crippen molar-refractivity contribution >= 4 is 44.2 Å². The molecule has 1 N–H and O–H groups in total. The second kappa shape index (κ2) is 17.0. The SMILES string of the molecule is CCN1CN(C)Cc2cc(C(c3ccc4c(c3)CN(C)CN4CC)(c3ccc4c(c3)CN(C)CN4CC)c3ccc4c(c3)CN3CN4Cc4c5c(cc(S(=O)(=O)O)c43)CN(C)CN5CC)ccc21. The third kappa shape index (κ3) is 7.24. The van der Waals surface area contributed by atoms with Crippen LogP contribution >= 0.6 is 0 Å². The summed E-state index contributed by atoms with van der Waals surface area (Å²) < 4.78 is 37.8. The molecule has 0 saturated heterocycles. The maximum atomic E-state index is 13.4. The molecule has 2 bridgehead atoms. The van der Waals surface area contributed by atoms with E-state index in [1.54, 1.807) is 6.07 Å². The van der Waals surface area contributed by atoms with Gasteiger partial charge in [-0.15, -0.1) is 0 Å². The molecule has 5 aromatic rings. The zero-order valence-corrected chi connectivity index (χ0v) is 42.1. The second-order valence-corrected chi connectivity index (χ2v) is 21.8. The highest BCUT2D eigenvalue weighted by molar-refractivity contribution is 7.86. The van der Waals surface area contributed by atoms with Gasteiger partial charge in [0.25, 0.3) is 10.1 Å². The molecule has 0 aliphatic carbocycles. The number of anilines is 6. The molecule has 5 aromatic carbocycles. The molecule has 0 saturated carbocycles. The summed E-state index contributed by atoms with van der Waals surface area (Å²) in [6.07, 6.45) is 0. The Morgan fingerprint density at radius 1 is 0.441 bits per heavy atom. The predicted octanol–water partition coefficient (Wildman–Crippen LogP) is 7.53. The smallest absolute Gasteiger partial charge is 0.296 e. The lowest BCUT2D eigenvalue weighted by Gasteiger charge is -2.48. The molecule has 0 unspecified atom stereocenters. The van der Waals surface area contributed by atoms with E-state index in [1.807, 2.05) is 0 Å². The van der Waals surface area contributed by atoms with Gasteiger partial charge in [-0.3, -0.25) is 24.2 Å². The maximum Gasteiger partial charge on any atom is 0.296 e. The van der Waals surface area contributed by atoms with E-state index in [9.17, 15) is 13.0 Å². The van der Waals surface area contributed by atoms with E-state index in [0.29, 0.717) is 32.0 Å². The molecule has 6 heterocycles. The number of hydrogen-bond acceptors (Lipinski definition) is 12. The Balaban J connectivity index is 1.16. The van der Waals surface area contributed by atoms with Crippen LogP contribution in [0.15, 0.2) is 83.8 Å². The molecule has 0 spiro atoms. The molecule has 0 amide bonds. The molecule has 358 valence electrons. The fourth-order valence-corrected chi connectivity index (χ4v) is 13.7. The van der Waals surface area contributed by atoms with Crippen LogP contribution in [0, 0.1) is 0 Å². The van der Waals surface area contributed by atoms with Crippen LogP contribution in [0.4, 0.5) is 34.1 Å². The average molecular weight is 937 g/mol. The van der Waals surface area contributed by atoms with Crippen molar-refractivity contribution in [2.45, 2.75) is 77.3 Å². The maximum absolute atomic E-state index is 13.4. The standard InChI is InChI=1S/C54H68N10O3S/c1-9-59-32-55(5)26-37-21-42(13-17-47(37)59)54(43-14-18-48-38(22-43)27-56(6)33-60(48)10-2,44-15-19-49-39(23-44)28-57(7)34-61(49)11-3)45-16-20-50-40(24-45)30-64-36-63(50)31-46-52-41(29-58(8)35-62(52)12-4)25-51(53(46)64)68(65,66)67/h13-25H,9-12,26-36H2,1-8H3,(H,65,66,67). The Morgan fingerprint density at radius 3 is 1.24 bits per heavy atom. The number of nitrogens with zero attached hydrogens (tertiary/aromatic N) is 10. The van der Waals surface area contributed by atoms with Gasteiger partial charge in [0, 0.05) is 99.4 Å². The third-order valence-electron chi connectivity index (χ3n) is 15.7. The van der Waals surface area contributed by atoms with E-state index in [0.717, 1.165) is 101 Å². The first-order valence-electron chi connectivity index (χ1n) is 24.7. The van der Waals surface area contributed by atoms with Gasteiger partial charge < -0.3 is 29.4 Å². The Bertz CT molecular complexity index is 2760. The van der Waals surface area contributed by atoms with Crippen molar-refractivity contribution in [2.24, 2.45) is 0 Å². The Hall–Kier alpha value is -5.35. The highest BCUT2D eigenvalue weighted by Gasteiger charge is 2.44. The first-order valence-corrected chi connectivity index (χ1v) is 26.1. The summed E-state index contributed by atoms with van der Waals surface area (Å²) in [5.74, 6) is 0. The van der Waals surface area contributed by atoms with Crippen LogP contribution in [0.1, 0.15) is 83.3 Å². The van der Waals surface area contributed by atoms with Crippen molar-refractivity contribution in [3.05, 3.63) is 134 Å². The highest BCUT2D eigenvalue weighted by atomic mass is 32.2. The highest BCUT2D eigenvalue weighted by Crippen LogP contribution is 2.52. The molecular weight excluding hydrogens is 869 g/mol. The van der Waals surface area contributed by atoms with Gasteiger partial charge in [-0.05, 0) is 136 Å². The van der Waals surface area contributed by atoms with E-state index in [1.165, 1.54) is 56.0 Å². The van der Waals surface area contributed by atoms with Crippen molar-refractivity contribution in [3.63, 3.8) is 0 Å². The van der Waals surface area contributed by atoms with Gasteiger partial charge in [0.15, 0.2) is 0 Å². The summed E-state index contributed by atoms with van der Waals surface area (Å²) >= 11 is 0. The fraction of sp³-hybridized carbons (Fsp3) is 0.444. The quantitative estimate of drug-likeness (QED) is 0.117. The Kier molecular flexibility index (Phi) is 11.2. The minimum atomic E-state index is -4.54. The lowest BCUT2D eigenvalue weighted by atomic mass is 9.63. The molecule has 13 nitrogen and oxygen atoms in total. The van der Waals surface area contributed by atoms with Gasteiger partial charge in [-0.25, -0.2) is 0 Å². The molecule has 0 atom stereocenters. The van der Waals surface area contributed by atoms with Gasteiger partial charge in [-0.1, -0.05) is 48.5 Å². The summed E-state index contributed by atoms with van der Waals surface area (Å²) in [6, 6.07) is 30.7. The number of hydrogen-bond donors (Lipinski definition) is 1. The summed E-state index contributed by atoms with van der Waals surface area (Å²) in [7, 11) is 4.17. The van der Waals surface area contributed by atoms with Crippen LogP contribution in [-0.2, 0) is 54.8 Å². The monoisotopic (exact) mass is 937 g/mol. The lowest BCUT2D eigenvalue weighted by molar-refractivity contribution is 0.309. The summed E-state index contributed by atoms with van der Waals surface area (Å²) in [5.41, 5.74) is 17.9. The molecule has 6 aliphatic heterocycles. The minimum Gasteiger partial charge on any atom is -0.359 e. The zero-order chi connectivity index (χ0) is 47.4. The van der Waals surface area contributed by atoms with E-state index in [-0.39, 0.29) is 4.90 Å². The molecule has 0 aromatic heterocycles. The van der Waals surface area contributed by atoms with Crippen molar-refractivity contribution in [1.29, 1.82) is 0 Å². The van der Waals surface area contributed by atoms with Crippen LogP contribution in [0.5, 0.6) is 0 Å². The van der Waals surface area contributed by atoms with Gasteiger partial charge >= 0.3 is 0 Å². The summed E-state index contributed by atoms with van der Waals surface area (Å²) in [6.45, 7) is 20.6. The fourth-order valence-electron chi connectivity index (χ4n) is 12.9. The van der Waals surface area contributed by atoms with E-state index in [4.69, 9.17) is 0 Å². The molecule has 0 radical (unpaired) electrons. The lowest BCUT2D eigenvalue weighted by Crippen LogP contribution is -2.49. The van der Waals surface area contributed by atoms with Crippen LogP contribution < -0.4 is 29.4 Å². The van der Waals surface area contributed by atoms with E-state index in [2.05, 4.69) is 178 Å². The Labute approximate surface area is 404 Å². The molecule has 68 heavy (non-hydrogen) atoms. The largest absolute Gasteiger partial charge is 0.359 e. The van der Waals surface area contributed by atoms with Crippen molar-refractivity contribution in [2.75, 3.05) is 117 Å². The van der Waals surface area contributed by atoms with Gasteiger partial charge in [0.05, 0.1) is 44.4 Å². The second-order valence-electron chi connectivity index (χ2n) is 20.4. The van der Waals surface area contributed by atoms with E-state index >= 15 is 0 Å². The Morgan fingerprint density at radius 2 is 0.824 bits per heavy atom. The predicted molar refractivity (Wildman–Crippen MR) is 276 cm³/mol. The molecule has 0 fully saturated rings. The summed E-state index contributed by atoms with van der Waals surface area (Å²) in [4.78, 5) is 23.8. The van der Waals surface area contributed by atoms with Crippen LogP contribution in [0.2, 0.25) is 0 Å². The van der Waals surface area contributed by atoms with Crippen molar-refractivity contribution < 1.29 is 13.0 Å². The topological polar surface area (TPSA) is 86.8 Å². The van der Waals surface area contributed by atoms with Gasteiger partial charge in [-0.2, -0.15) is 8.42 Å². The average Bonchev–Trinajstić information content (AvgIpc) is 3.31. The van der Waals surface area contributed by atoms with Gasteiger partial charge in [0.1, 0.15) is 4.90 Å². The van der Waals surface area contributed by atoms with Crippen LogP contribution in [-0.4, -0.2) is 120 Å². The molecule has 11 rings (SSSR count). The molecule has 14 heteroatoms. The first kappa shape index (κ1) is 45.1. The van der Waals surface area contributed by atoms with Crippen LogP contribution in [0.25, 0.3) is 0 Å². The molecular formula is C54H68N10O3S. The van der Waals surface area contributed by atoms with Crippen molar-refractivity contribution in [1.82, 2.24) is 19.6 Å². The van der Waals surface area contributed by atoms with Crippen LogP contribution in [0.3, 0.4) is 0 Å². The van der Waals surface area contributed by atoms with Gasteiger partial charge in [0.2, 0.25) is 0 Å².